The normalized spacial score (nSPS) is 24.7. The van der Waals surface area contributed by atoms with E-state index in [4.69, 9.17) is 4.74 Å². The number of piperidine rings is 1. The summed E-state index contributed by atoms with van der Waals surface area (Å²) in [6.07, 6.45) is 9.60. The molecule has 0 atom stereocenters. The summed E-state index contributed by atoms with van der Waals surface area (Å²) in [5, 5.41) is 3.35. The van der Waals surface area contributed by atoms with Crippen LogP contribution in [0.4, 0.5) is 0 Å². The van der Waals surface area contributed by atoms with E-state index in [9.17, 15) is 4.79 Å². The highest BCUT2D eigenvalue weighted by Crippen LogP contribution is 2.19. The highest BCUT2D eigenvalue weighted by Gasteiger charge is 2.28. The van der Waals surface area contributed by atoms with Crippen LogP contribution in [0, 0.1) is 5.92 Å². The highest BCUT2D eigenvalue weighted by molar-refractivity contribution is 5.79. The molecule has 4 nitrogen and oxygen atoms in total. The molecule has 0 spiro atoms. The summed E-state index contributed by atoms with van der Waals surface area (Å²) in [5.41, 5.74) is 1.35. The number of rotatable bonds is 6. The van der Waals surface area contributed by atoms with E-state index in [0.29, 0.717) is 18.6 Å². The lowest BCUT2D eigenvalue weighted by molar-refractivity contribution is -0.919. The number of quaternary nitrogens is 1. The predicted molar refractivity (Wildman–Crippen MR) is 104 cm³/mol. The van der Waals surface area contributed by atoms with Gasteiger partial charge in [-0.2, -0.15) is 0 Å². The number of hydrogen-bond acceptors (Lipinski definition) is 2. The first-order chi connectivity index (χ1) is 12.7. The van der Waals surface area contributed by atoms with E-state index in [1.165, 1.54) is 44.1 Å². The lowest BCUT2D eigenvalue weighted by Crippen LogP contribution is -3.11. The zero-order chi connectivity index (χ0) is 18.2. The first kappa shape index (κ1) is 19.2. The number of nitrogens with one attached hydrogen (secondary N) is 2. The molecule has 1 heterocycles. The monoisotopic (exact) mass is 359 g/mol. The molecular formula is C22H35N2O2+. The summed E-state index contributed by atoms with van der Waals surface area (Å²) in [5.74, 6) is 1.49. The Balaban J connectivity index is 1.41. The van der Waals surface area contributed by atoms with E-state index < -0.39 is 0 Å². The molecule has 0 radical (unpaired) electrons. The Bertz CT molecular complexity index is 542. The zero-order valence-corrected chi connectivity index (χ0v) is 16.3. The molecule has 1 amide bonds. The van der Waals surface area contributed by atoms with E-state index in [1.54, 1.807) is 4.90 Å². The van der Waals surface area contributed by atoms with E-state index >= 15 is 0 Å². The van der Waals surface area contributed by atoms with Gasteiger partial charge in [-0.05, 0) is 44.0 Å². The lowest BCUT2D eigenvalue weighted by Gasteiger charge is -2.29. The molecule has 2 aliphatic rings. The van der Waals surface area contributed by atoms with Gasteiger partial charge < -0.3 is 15.0 Å². The second-order valence-electron chi connectivity index (χ2n) is 7.98. The van der Waals surface area contributed by atoms with E-state index in [0.717, 1.165) is 38.2 Å². The zero-order valence-electron chi connectivity index (χ0n) is 16.3. The van der Waals surface area contributed by atoms with Crippen molar-refractivity contribution in [2.75, 3.05) is 19.7 Å². The smallest absolute Gasteiger partial charge is 0.223 e. The van der Waals surface area contributed by atoms with Crippen molar-refractivity contribution >= 4 is 5.91 Å². The molecule has 1 aliphatic heterocycles. The standard InChI is InChI=1S/C22H34N2O2/c1-2-26-21-11-9-18(10-12-21)17-24-15-13-19(14-16-24)22(25)23-20-7-5-3-4-6-8-20/h9-12,19-20H,2-8,13-17H2,1H3,(H,23,25)/p+1. The maximum atomic E-state index is 12.6. The van der Waals surface area contributed by atoms with Gasteiger partial charge in [0.05, 0.1) is 19.7 Å². The summed E-state index contributed by atoms with van der Waals surface area (Å²) in [7, 11) is 0. The summed E-state index contributed by atoms with van der Waals surface area (Å²) < 4.78 is 5.51. The molecule has 1 saturated carbocycles. The van der Waals surface area contributed by atoms with Crippen LogP contribution in [0.25, 0.3) is 0 Å². The molecule has 0 bridgehead atoms. The maximum Gasteiger partial charge on any atom is 0.223 e. The maximum absolute atomic E-state index is 12.6. The minimum absolute atomic E-state index is 0.224. The Morgan fingerprint density at radius 3 is 2.31 bits per heavy atom. The topological polar surface area (TPSA) is 42.8 Å². The van der Waals surface area contributed by atoms with Gasteiger partial charge in [0, 0.05) is 30.4 Å². The van der Waals surface area contributed by atoms with Crippen molar-refractivity contribution in [3.05, 3.63) is 29.8 Å². The molecule has 0 unspecified atom stereocenters. The van der Waals surface area contributed by atoms with Crippen molar-refractivity contribution < 1.29 is 14.4 Å². The summed E-state index contributed by atoms with van der Waals surface area (Å²) >= 11 is 0. The SMILES string of the molecule is CCOc1ccc(C[NH+]2CCC(C(=O)NC3CCCCCC3)CC2)cc1. The van der Waals surface area contributed by atoms with Crippen molar-refractivity contribution in [2.45, 2.75) is 70.9 Å². The fourth-order valence-corrected chi connectivity index (χ4v) is 4.37. The van der Waals surface area contributed by atoms with Crippen LogP contribution in [-0.4, -0.2) is 31.6 Å². The van der Waals surface area contributed by atoms with E-state index in [-0.39, 0.29) is 5.92 Å². The second-order valence-corrected chi connectivity index (χ2v) is 7.98. The third-order valence-electron chi connectivity index (χ3n) is 5.95. The predicted octanol–water partition coefficient (Wildman–Crippen LogP) is 2.72. The van der Waals surface area contributed by atoms with Gasteiger partial charge in [0.2, 0.25) is 5.91 Å². The molecule has 144 valence electrons. The quantitative estimate of drug-likeness (QED) is 0.767. The Kier molecular flexibility index (Phi) is 7.36. The fourth-order valence-electron chi connectivity index (χ4n) is 4.37. The van der Waals surface area contributed by atoms with Gasteiger partial charge in [0.15, 0.2) is 0 Å². The van der Waals surface area contributed by atoms with Crippen molar-refractivity contribution in [3.8, 4) is 5.75 Å². The number of carbonyl (C=O) groups excluding carboxylic acids is 1. The van der Waals surface area contributed by atoms with Gasteiger partial charge in [0.25, 0.3) is 0 Å². The second kappa shape index (κ2) is 9.96. The first-order valence-electron chi connectivity index (χ1n) is 10.6. The number of hydrogen-bond donors (Lipinski definition) is 2. The van der Waals surface area contributed by atoms with Crippen LogP contribution in [0.2, 0.25) is 0 Å². The summed E-state index contributed by atoms with van der Waals surface area (Å²) in [6.45, 7) is 5.95. The van der Waals surface area contributed by atoms with Gasteiger partial charge in [-0.25, -0.2) is 0 Å². The van der Waals surface area contributed by atoms with E-state index in [2.05, 4.69) is 29.6 Å². The molecular weight excluding hydrogens is 324 g/mol. The third-order valence-corrected chi connectivity index (χ3v) is 5.95. The molecule has 0 aromatic heterocycles. The number of carbonyl (C=O) groups is 1. The van der Waals surface area contributed by atoms with Gasteiger partial charge in [0.1, 0.15) is 12.3 Å². The Morgan fingerprint density at radius 1 is 1.04 bits per heavy atom. The molecule has 1 aromatic rings. The molecule has 2 N–H and O–H groups in total. The molecule has 26 heavy (non-hydrogen) atoms. The van der Waals surface area contributed by atoms with Crippen LogP contribution in [0.1, 0.15) is 63.9 Å². The Labute approximate surface area is 158 Å². The molecule has 1 saturated heterocycles. The van der Waals surface area contributed by atoms with E-state index in [1.807, 2.05) is 6.92 Å². The minimum atomic E-state index is 0.224. The van der Waals surface area contributed by atoms with Crippen LogP contribution in [-0.2, 0) is 11.3 Å². The molecule has 3 rings (SSSR count). The Morgan fingerprint density at radius 2 is 1.69 bits per heavy atom. The number of benzene rings is 1. The van der Waals surface area contributed by atoms with Gasteiger partial charge >= 0.3 is 0 Å². The number of amides is 1. The van der Waals surface area contributed by atoms with Crippen molar-refractivity contribution in [1.29, 1.82) is 0 Å². The fraction of sp³-hybridized carbons (Fsp3) is 0.682. The van der Waals surface area contributed by atoms with Gasteiger partial charge in [-0.15, -0.1) is 0 Å². The average molecular weight is 360 g/mol. The lowest BCUT2D eigenvalue weighted by atomic mass is 9.94. The molecule has 1 aliphatic carbocycles. The van der Waals surface area contributed by atoms with Crippen LogP contribution in [0.5, 0.6) is 5.75 Å². The van der Waals surface area contributed by atoms with Crippen molar-refractivity contribution in [2.24, 2.45) is 5.92 Å². The Hall–Kier alpha value is -1.55. The van der Waals surface area contributed by atoms with Crippen LogP contribution in [0.15, 0.2) is 24.3 Å². The van der Waals surface area contributed by atoms with Gasteiger partial charge in [-0.1, -0.05) is 25.7 Å². The highest BCUT2D eigenvalue weighted by atomic mass is 16.5. The van der Waals surface area contributed by atoms with Crippen molar-refractivity contribution in [3.63, 3.8) is 0 Å². The van der Waals surface area contributed by atoms with Crippen molar-refractivity contribution in [1.82, 2.24) is 5.32 Å². The molecule has 2 fully saturated rings. The van der Waals surface area contributed by atoms with Gasteiger partial charge in [-0.3, -0.25) is 4.79 Å². The van der Waals surface area contributed by atoms with Crippen LogP contribution in [0.3, 0.4) is 0 Å². The third kappa shape index (κ3) is 5.73. The first-order valence-corrected chi connectivity index (χ1v) is 10.6. The summed E-state index contributed by atoms with van der Waals surface area (Å²) in [6, 6.07) is 8.89. The minimum Gasteiger partial charge on any atom is -0.494 e. The van der Waals surface area contributed by atoms with Crippen LogP contribution < -0.4 is 15.0 Å². The molecule has 4 heteroatoms. The largest absolute Gasteiger partial charge is 0.494 e. The number of likely N-dealkylation sites (tertiary alicyclic amines) is 1. The summed E-state index contributed by atoms with van der Waals surface area (Å²) in [4.78, 5) is 14.2. The number of ether oxygens (including phenoxy) is 1. The molecule has 1 aromatic carbocycles. The van der Waals surface area contributed by atoms with Crippen LogP contribution >= 0.6 is 0 Å². The average Bonchev–Trinajstić information content (AvgIpc) is 2.93.